The Balaban J connectivity index is 2.01. The summed E-state index contributed by atoms with van der Waals surface area (Å²) in [6.07, 6.45) is 1.27. The maximum absolute atomic E-state index is 13.3. The highest BCUT2D eigenvalue weighted by atomic mass is 16.2. The number of nitrogens with two attached hydrogens (primary N) is 1. The molecule has 0 saturated carbocycles. The number of benzene rings is 2. The van der Waals surface area contributed by atoms with Crippen molar-refractivity contribution in [1.82, 2.24) is 9.80 Å². The second-order valence-corrected chi connectivity index (χ2v) is 8.89. The Hall–Kier alpha value is -2.66. The third-order valence-corrected chi connectivity index (χ3v) is 6.94. The summed E-state index contributed by atoms with van der Waals surface area (Å²) in [6.45, 7) is 7.40. The molecule has 1 aliphatic rings. The molecule has 5 heteroatoms. The average Bonchev–Trinajstić information content (AvgIpc) is 2.71. The second-order valence-electron chi connectivity index (χ2n) is 8.89. The van der Waals surface area contributed by atoms with E-state index in [0.717, 1.165) is 29.7 Å². The van der Waals surface area contributed by atoms with Crippen LogP contribution in [0.1, 0.15) is 47.3 Å². The molecule has 2 N–H and O–H groups in total. The summed E-state index contributed by atoms with van der Waals surface area (Å²) in [4.78, 5) is 29.4. The lowest BCUT2D eigenvalue weighted by molar-refractivity contribution is -0.135. The van der Waals surface area contributed by atoms with Crippen molar-refractivity contribution < 1.29 is 9.59 Å². The van der Waals surface area contributed by atoms with Crippen LogP contribution in [-0.2, 0) is 16.6 Å². The van der Waals surface area contributed by atoms with Crippen LogP contribution in [0.3, 0.4) is 0 Å². The van der Waals surface area contributed by atoms with Crippen LogP contribution in [0.2, 0.25) is 0 Å². The van der Waals surface area contributed by atoms with Gasteiger partial charge < -0.3 is 15.5 Å². The normalized spacial score (nSPS) is 24.4. The maximum Gasteiger partial charge on any atom is 0.248 e. The number of likely N-dealkylation sites (N-methyl/N-ethyl adjacent to an activating group) is 2. The minimum atomic E-state index is -0.425. The van der Waals surface area contributed by atoms with Crippen LogP contribution < -0.4 is 5.73 Å². The van der Waals surface area contributed by atoms with Crippen LogP contribution in [0.15, 0.2) is 48.5 Å². The molecule has 5 nitrogen and oxygen atoms in total. The molecule has 0 aliphatic carbocycles. The number of nitrogens with zero attached hydrogens (tertiary/aromatic N) is 2. The first-order valence-electron chi connectivity index (χ1n) is 10.6. The molecule has 1 fully saturated rings. The summed E-state index contributed by atoms with van der Waals surface area (Å²) in [6, 6.07) is 15.7. The van der Waals surface area contributed by atoms with Gasteiger partial charge in [0.15, 0.2) is 0 Å². The van der Waals surface area contributed by atoms with Gasteiger partial charge in [0.2, 0.25) is 11.8 Å². The zero-order valence-corrected chi connectivity index (χ0v) is 18.7. The van der Waals surface area contributed by atoms with Crippen molar-refractivity contribution in [2.24, 2.45) is 5.73 Å². The van der Waals surface area contributed by atoms with Crippen LogP contribution in [0.4, 0.5) is 0 Å². The Bertz CT molecular complexity index is 927. The fraction of sp³-hybridized carbons (Fsp3) is 0.440. The van der Waals surface area contributed by atoms with Gasteiger partial charge in [0.1, 0.15) is 0 Å². The standard InChI is InChI=1S/C25H33N3O2/c1-17-11-12-20(24(26)30)16-21(17)25(3)13-14-27(4)18(2)23(25)28(5)22(29)15-19-9-7-6-8-10-19/h6-12,16,18,23H,13-15H2,1-5H3,(H2,26,30)/t18-,23+,25?/m1/s1. The van der Waals surface area contributed by atoms with Crippen LogP contribution >= 0.6 is 0 Å². The lowest BCUT2D eigenvalue weighted by Crippen LogP contribution is -2.63. The largest absolute Gasteiger partial charge is 0.366 e. The summed E-state index contributed by atoms with van der Waals surface area (Å²) < 4.78 is 0. The van der Waals surface area contributed by atoms with Crippen LogP contribution in [0.5, 0.6) is 0 Å². The van der Waals surface area contributed by atoms with E-state index in [4.69, 9.17) is 5.73 Å². The Labute approximate surface area is 179 Å². The van der Waals surface area contributed by atoms with Crippen molar-refractivity contribution in [2.45, 2.75) is 51.1 Å². The Morgan fingerprint density at radius 2 is 1.87 bits per heavy atom. The number of rotatable bonds is 5. The van der Waals surface area contributed by atoms with Gasteiger partial charge >= 0.3 is 0 Å². The van der Waals surface area contributed by atoms with E-state index >= 15 is 0 Å². The third-order valence-electron chi connectivity index (χ3n) is 6.94. The SMILES string of the molecule is Cc1ccc(C(N)=O)cc1C1(C)CCN(C)[C@H](C)[C@@H]1N(C)C(=O)Cc1ccccc1. The molecule has 1 heterocycles. The van der Waals surface area contributed by atoms with Gasteiger partial charge in [0.05, 0.1) is 12.5 Å². The monoisotopic (exact) mass is 407 g/mol. The molecule has 30 heavy (non-hydrogen) atoms. The van der Waals surface area contributed by atoms with Crippen molar-refractivity contribution in [3.8, 4) is 0 Å². The number of aryl methyl sites for hydroxylation is 1. The lowest BCUT2D eigenvalue weighted by Gasteiger charge is -2.53. The number of primary amides is 1. The Morgan fingerprint density at radius 3 is 2.50 bits per heavy atom. The van der Waals surface area contributed by atoms with E-state index in [1.165, 1.54) is 0 Å². The van der Waals surface area contributed by atoms with E-state index in [9.17, 15) is 9.59 Å². The second kappa shape index (κ2) is 8.60. The van der Waals surface area contributed by atoms with Crippen LogP contribution in [0.25, 0.3) is 0 Å². The van der Waals surface area contributed by atoms with Gasteiger partial charge in [0.25, 0.3) is 0 Å². The topological polar surface area (TPSA) is 66.6 Å². The van der Waals surface area contributed by atoms with Gasteiger partial charge in [-0.3, -0.25) is 9.59 Å². The number of amides is 2. The van der Waals surface area contributed by atoms with Crippen molar-refractivity contribution in [2.75, 3.05) is 20.6 Å². The smallest absolute Gasteiger partial charge is 0.248 e. The highest BCUT2D eigenvalue weighted by molar-refractivity contribution is 5.93. The molecule has 0 radical (unpaired) electrons. The summed E-state index contributed by atoms with van der Waals surface area (Å²) >= 11 is 0. The van der Waals surface area contributed by atoms with Crippen molar-refractivity contribution in [3.05, 3.63) is 70.8 Å². The molecule has 3 atom stereocenters. The first-order valence-corrected chi connectivity index (χ1v) is 10.6. The fourth-order valence-corrected chi connectivity index (χ4v) is 5.02. The highest BCUT2D eigenvalue weighted by Crippen LogP contribution is 2.42. The molecule has 0 spiro atoms. The van der Waals surface area contributed by atoms with Crippen LogP contribution in [-0.4, -0.2) is 54.3 Å². The zero-order chi connectivity index (χ0) is 22.1. The van der Waals surface area contributed by atoms with Gasteiger partial charge in [-0.2, -0.15) is 0 Å². The van der Waals surface area contributed by atoms with Gasteiger partial charge in [0, 0.05) is 24.1 Å². The van der Waals surface area contributed by atoms with E-state index in [-0.39, 0.29) is 23.4 Å². The first-order chi connectivity index (χ1) is 14.1. The summed E-state index contributed by atoms with van der Waals surface area (Å²) in [5.41, 5.74) is 9.03. The fourth-order valence-electron chi connectivity index (χ4n) is 5.02. The van der Waals surface area contributed by atoms with Gasteiger partial charge in [-0.15, -0.1) is 0 Å². The quantitative estimate of drug-likeness (QED) is 0.828. The Morgan fingerprint density at radius 1 is 1.20 bits per heavy atom. The number of hydrogen-bond acceptors (Lipinski definition) is 3. The van der Waals surface area contributed by atoms with E-state index < -0.39 is 5.91 Å². The minimum absolute atomic E-state index is 0.0331. The van der Waals surface area contributed by atoms with E-state index in [2.05, 4.69) is 32.7 Å². The van der Waals surface area contributed by atoms with E-state index in [1.54, 1.807) is 6.07 Å². The number of carbonyl (C=O) groups is 2. The molecule has 0 bridgehead atoms. The molecule has 2 amide bonds. The molecule has 3 rings (SSSR count). The average molecular weight is 408 g/mol. The van der Waals surface area contributed by atoms with Crippen molar-refractivity contribution >= 4 is 11.8 Å². The number of likely N-dealkylation sites (tertiary alicyclic amines) is 1. The zero-order valence-electron chi connectivity index (χ0n) is 18.7. The van der Waals surface area contributed by atoms with E-state index in [1.807, 2.05) is 54.4 Å². The summed E-state index contributed by atoms with van der Waals surface area (Å²) in [7, 11) is 4.02. The third kappa shape index (κ3) is 4.12. The minimum Gasteiger partial charge on any atom is -0.366 e. The van der Waals surface area contributed by atoms with E-state index in [0.29, 0.717) is 12.0 Å². The van der Waals surface area contributed by atoms with Crippen LogP contribution in [0, 0.1) is 6.92 Å². The number of hydrogen-bond donors (Lipinski definition) is 1. The van der Waals surface area contributed by atoms with Crippen molar-refractivity contribution in [3.63, 3.8) is 0 Å². The molecule has 2 aromatic rings. The summed E-state index contributed by atoms with van der Waals surface area (Å²) in [5.74, 6) is -0.325. The van der Waals surface area contributed by atoms with Gasteiger partial charge in [-0.05, 0) is 62.7 Å². The number of carbonyl (C=O) groups excluding carboxylic acids is 2. The molecule has 1 saturated heterocycles. The lowest BCUT2D eigenvalue weighted by atomic mass is 9.66. The molecule has 2 aromatic carbocycles. The van der Waals surface area contributed by atoms with Gasteiger partial charge in [-0.1, -0.05) is 43.3 Å². The predicted molar refractivity (Wildman–Crippen MR) is 120 cm³/mol. The first kappa shape index (κ1) is 22.0. The summed E-state index contributed by atoms with van der Waals surface area (Å²) in [5, 5.41) is 0. The van der Waals surface area contributed by atoms with Gasteiger partial charge in [-0.25, -0.2) is 0 Å². The molecular weight excluding hydrogens is 374 g/mol. The molecule has 0 aromatic heterocycles. The molecule has 1 unspecified atom stereocenters. The molecule has 160 valence electrons. The predicted octanol–water partition coefficient (Wildman–Crippen LogP) is 3.15. The Kier molecular flexibility index (Phi) is 6.32. The maximum atomic E-state index is 13.3. The molecule has 1 aliphatic heterocycles. The number of piperidine rings is 1. The molecular formula is C25H33N3O2. The highest BCUT2D eigenvalue weighted by Gasteiger charge is 2.47. The van der Waals surface area contributed by atoms with Crippen molar-refractivity contribution in [1.29, 1.82) is 0 Å².